The smallest absolute Gasteiger partial charge is 0.417 e. The van der Waals surface area contributed by atoms with Crippen LogP contribution in [0.4, 0.5) is 29.5 Å². The molecule has 0 unspecified atom stereocenters. The highest BCUT2D eigenvalue weighted by Crippen LogP contribution is 2.42. The molecule has 0 aliphatic carbocycles. The fourth-order valence-corrected chi connectivity index (χ4v) is 7.93. The second-order valence-corrected chi connectivity index (χ2v) is 15.7. The Hall–Kier alpha value is -6.43. The van der Waals surface area contributed by atoms with E-state index in [9.17, 15) is 32.3 Å². The Bertz CT molecular complexity index is 2390. The molecule has 4 N–H and O–H groups in total. The van der Waals surface area contributed by atoms with Crippen molar-refractivity contribution in [2.24, 2.45) is 5.92 Å². The SMILES string of the molecule is COC(=O)N[C@H](C(=O)N1CCC[C@H]1c1nc(-c2ccc(-c3cc(Cl)c(NC(=O)c4ccc(N5CCN(C(=O)c6c[nH]cn6)C[C@H]5C)nc4)cc3C(F)(F)F)cc2)c[nH]1)C(C)C. The summed E-state index contributed by atoms with van der Waals surface area (Å²) >= 11 is 6.53. The summed E-state index contributed by atoms with van der Waals surface area (Å²) in [6.45, 7) is 7.46. The number of rotatable bonds is 10. The third kappa shape index (κ3) is 9.18. The number of alkyl carbamates (subject to hydrolysis) is 1. The first kappa shape index (κ1) is 42.7. The number of anilines is 2. The highest BCUT2D eigenvalue weighted by atomic mass is 35.5. The van der Waals surface area contributed by atoms with Crippen LogP contribution < -0.4 is 15.5 Å². The van der Waals surface area contributed by atoms with Gasteiger partial charge in [0.05, 0.1) is 47.0 Å². The summed E-state index contributed by atoms with van der Waals surface area (Å²) in [5.74, 6) is -0.195. The third-order valence-corrected chi connectivity index (χ3v) is 11.2. The molecule has 7 rings (SSSR count). The summed E-state index contributed by atoms with van der Waals surface area (Å²) < 4.78 is 48.5. The maximum atomic E-state index is 14.6. The number of benzene rings is 2. The van der Waals surface area contributed by atoms with Crippen LogP contribution in [0.25, 0.3) is 22.4 Å². The van der Waals surface area contributed by atoms with Crippen LogP contribution in [0.3, 0.4) is 0 Å². The molecule has 0 saturated carbocycles. The number of piperazine rings is 1. The van der Waals surface area contributed by atoms with Crippen LogP contribution in [0.1, 0.15) is 71.9 Å². The molecule has 3 atom stereocenters. The van der Waals surface area contributed by atoms with E-state index >= 15 is 0 Å². The van der Waals surface area contributed by atoms with Crippen molar-refractivity contribution in [1.29, 1.82) is 0 Å². The third-order valence-electron chi connectivity index (χ3n) is 10.9. The first-order valence-corrected chi connectivity index (χ1v) is 20.0. The van der Waals surface area contributed by atoms with Crippen molar-refractivity contribution in [2.75, 3.05) is 43.5 Å². The summed E-state index contributed by atoms with van der Waals surface area (Å²) in [5.41, 5.74) is 0.416. The monoisotopic (exact) mass is 860 g/mol. The number of nitrogens with one attached hydrogen (secondary N) is 4. The Kier molecular flexibility index (Phi) is 12.4. The van der Waals surface area contributed by atoms with Crippen LogP contribution in [0.2, 0.25) is 5.02 Å². The summed E-state index contributed by atoms with van der Waals surface area (Å²) in [6, 6.07) is 10.3. The summed E-state index contributed by atoms with van der Waals surface area (Å²) in [4.78, 5) is 76.1. The number of likely N-dealkylation sites (tertiary alicyclic amines) is 1. The molecule has 61 heavy (non-hydrogen) atoms. The van der Waals surface area contributed by atoms with Crippen molar-refractivity contribution in [3.63, 3.8) is 0 Å². The Balaban J connectivity index is 1.03. The Labute approximate surface area is 354 Å². The van der Waals surface area contributed by atoms with E-state index in [1.165, 1.54) is 43.9 Å². The van der Waals surface area contributed by atoms with Crippen molar-refractivity contribution in [3.8, 4) is 22.4 Å². The molecule has 320 valence electrons. The summed E-state index contributed by atoms with van der Waals surface area (Å²) in [5, 5.41) is 5.03. The van der Waals surface area contributed by atoms with Crippen molar-refractivity contribution < 1.29 is 37.1 Å². The van der Waals surface area contributed by atoms with Gasteiger partial charge in [-0.25, -0.2) is 19.7 Å². The van der Waals surface area contributed by atoms with E-state index in [-0.39, 0.29) is 57.2 Å². The lowest BCUT2D eigenvalue weighted by Crippen LogP contribution is -2.54. The minimum absolute atomic E-state index is 0.0919. The zero-order chi connectivity index (χ0) is 43.6. The number of ether oxygens (including phenoxy) is 1. The van der Waals surface area contributed by atoms with Crippen LogP contribution in [-0.4, -0.2) is 104 Å². The van der Waals surface area contributed by atoms with Gasteiger partial charge in [0, 0.05) is 56.4 Å². The highest BCUT2D eigenvalue weighted by molar-refractivity contribution is 6.34. The number of carbonyl (C=O) groups excluding carboxylic acids is 4. The van der Waals surface area contributed by atoms with Gasteiger partial charge in [-0.1, -0.05) is 49.7 Å². The second-order valence-electron chi connectivity index (χ2n) is 15.3. The number of nitrogens with zero attached hydrogens (tertiary/aromatic N) is 6. The van der Waals surface area contributed by atoms with Crippen LogP contribution in [0.15, 0.2) is 73.4 Å². The number of pyridine rings is 1. The first-order valence-electron chi connectivity index (χ1n) is 19.7. The first-order chi connectivity index (χ1) is 29.1. The fraction of sp³-hybridized carbons (Fsp3) is 0.357. The molecular weight excluding hydrogens is 817 g/mol. The highest BCUT2D eigenvalue weighted by Gasteiger charge is 2.38. The molecular formula is C42H44ClF3N10O5. The van der Waals surface area contributed by atoms with Gasteiger partial charge in [0.2, 0.25) is 5.91 Å². The van der Waals surface area contributed by atoms with Gasteiger partial charge >= 0.3 is 12.3 Å². The number of hydrogen-bond donors (Lipinski definition) is 4. The molecule has 4 amide bonds. The van der Waals surface area contributed by atoms with Gasteiger partial charge in [0.15, 0.2) is 0 Å². The topological polar surface area (TPSA) is 182 Å². The minimum Gasteiger partial charge on any atom is -0.453 e. The van der Waals surface area contributed by atoms with Crippen molar-refractivity contribution in [1.82, 2.24) is 40.0 Å². The number of aromatic nitrogens is 5. The number of halogens is 4. The zero-order valence-corrected chi connectivity index (χ0v) is 34.5. The number of methoxy groups -OCH3 is 1. The van der Waals surface area contributed by atoms with Crippen molar-refractivity contribution >= 4 is 46.9 Å². The van der Waals surface area contributed by atoms with Crippen LogP contribution in [0, 0.1) is 5.92 Å². The van der Waals surface area contributed by atoms with E-state index in [0.717, 1.165) is 12.5 Å². The van der Waals surface area contributed by atoms with E-state index in [4.69, 9.17) is 21.3 Å². The van der Waals surface area contributed by atoms with Gasteiger partial charge in [-0.15, -0.1) is 0 Å². The predicted octanol–water partition coefficient (Wildman–Crippen LogP) is 7.18. The number of aromatic amines is 2. The quantitative estimate of drug-likeness (QED) is 0.113. The molecule has 5 aromatic rings. The molecule has 2 aromatic carbocycles. The molecule has 2 aliphatic rings. The van der Waals surface area contributed by atoms with E-state index in [2.05, 4.69) is 30.6 Å². The lowest BCUT2D eigenvalue weighted by molar-refractivity contribution is -0.137. The molecule has 15 nitrogen and oxygen atoms in total. The van der Waals surface area contributed by atoms with Crippen LogP contribution >= 0.6 is 11.6 Å². The largest absolute Gasteiger partial charge is 0.453 e. The number of alkyl halides is 3. The lowest BCUT2D eigenvalue weighted by Gasteiger charge is -2.40. The molecule has 2 saturated heterocycles. The molecule has 0 radical (unpaired) electrons. The van der Waals surface area contributed by atoms with Gasteiger partial charge < -0.3 is 40.0 Å². The Morgan fingerprint density at radius 3 is 2.38 bits per heavy atom. The predicted molar refractivity (Wildman–Crippen MR) is 221 cm³/mol. The molecule has 19 heteroatoms. The van der Waals surface area contributed by atoms with Crippen molar-refractivity contribution in [3.05, 3.63) is 101 Å². The molecule has 0 bridgehead atoms. The Morgan fingerprint density at radius 1 is 0.984 bits per heavy atom. The van der Waals surface area contributed by atoms with E-state index in [1.54, 1.807) is 40.4 Å². The standard InChI is InChI=1S/C42H44ClF3N10O5/c1-23(2)36(53-41(60)61-4)40(59)56-13-5-6-34(56)37-49-20-32(51-37)26-9-7-25(8-10-26)28-16-30(43)31(17-29(28)42(44,45)46)52-38(57)27-11-12-35(48-18-27)55-15-14-54(21-24(55)3)39(58)33-19-47-22-50-33/h7-12,16-20,22-24,34,36H,5-6,13-15,21H2,1-4H3,(H,47,50)(H,49,51)(H,52,57)(H,53,60)/t24-,34+,36+/m1/s1. The number of amides is 4. The van der Waals surface area contributed by atoms with Gasteiger partial charge in [-0.3, -0.25) is 14.4 Å². The van der Waals surface area contributed by atoms with Gasteiger partial charge in [-0.2, -0.15) is 13.2 Å². The Morgan fingerprint density at radius 2 is 1.74 bits per heavy atom. The second kappa shape index (κ2) is 17.7. The minimum atomic E-state index is -4.80. The number of imidazole rings is 2. The van der Waals surface area contributed by atoms with E-state index < -0.39 is 29.8 Å². The molecule has 5 heterocycles. The number of H-pyrrole nitrogens is 2. The fourth-order valence-electron chi connectivity index (χ4n) is 7.72. The van der Waals surface area contributed by atoms with E-state index in [0.29, 0.717) is 61.2 Å². The van der Waals surface area contributed by atoms with Gasteiger partial charge in [0.1, 0.15) is 23.4 Å². The average Bonchev–Trinajstić information content (AvgIpc) is 4.06. The lowest BCUT2D eigenvalue weighted by atomic mass is 9.97. The summed E-state index contributed by atoms with van der Waals surface area (Å²) in [6.07, 6.45) is 1.89. The van der Waals surface area contributed by atoms with E-state index in [1.807, 2.05) is 25.7 Å². The average molecular weight is 861 g/mol. The summed E-state index contributed by atoms with van der Waals surface area (Å²) in [7, 11) is 1.23. The zero-order valence-electron chi connectivity index (χ0n) is 33.7. The molecule has 2 fully saturated rings. The van der Waals surface area contributed by atoms with Crippen LogP contribution in [0.5, 0.6) is 0 Å². The number of hydrogen-bond acceptors (Lipinski definition) is 9. The molecule has 2 aliphatic heterocycles. The van der Waals surface area contributed by atoms with Crippen LogP contribution in [-0.2, 0) is 15.7 Å². The molecule has 0 spiro atoms. The number of carbonyl (C=O) groups is 4. The maximum Gasteiger partial charge on any atom is 0.417 e. The molecule has 3 aromatic heterocycles. The van der Waals surface area contributed by atoms with Crippen molar-refractivity contribution in [2.45, 2.75) is 57.9 Å². The maximum absolute atomic E-state index is 14.6. The van der Waals surface area contributed by atoms with Gasteiger partial charge in [-0.05, 0) is 61.1 Å². The van der Waals surface area contributed by atoms with Gasteiger partial charge in [0.25, 0.3) is 11.8 Å². The normalized spacial score (nSPS) is 17.4.